The van der Waals surface area contributed by atoms with Crippen LogP contribution < -0.4 is 5.73 Å². The molecule has 2 aliphatic carbocycles. The third kappa shape index (κ3) is 2.32. The molecule has 2 unspecified atom stereocenters. The van der Waals surface area contributed by atoms with E-state index in [4.69, 9.17) is 5.73 Å². The van der Waals surface area contributed by atoms with Crippen LogP contribution in [0, 0.1) is 5.41 Å². The van der Waals surface area contributed by atoms with Gasteiger partial charge in [0.1, 0.15) is 0 Å². The van der Waals surface area contributed by atoms with Gasteiger partial charge in [-0.25, -0.2) is 8.42 Å². The first kappa shape index (κ1) is 14.5. The summed E-state index contributed by atoms with van der Waals surface area (Å²) in [6.07, 6.45) is 6.39. The molecule has 2 atom stereocenters. The van der Waals surface area contributed by atoms with Crippen LogP contribution in [0.3, 0.4) is 0 Å². The molecule has 1 fully saturated rings. The van der Waals surface area contributed by atoms with Gasteiger partial charge in [0, 0.05) is 16.4 Å². The largest absolute Gasteiger partial charge is 0.324 e. The van der Waals surface area contributed by atoms with Gasteiger partial charge in [-0.05, 0) is 32.1 Å². The third-order valence-corrected chi connectivity index (χ3v) is 6.50. The molecule has 1 saturated carbocycles. The molecule has 0 spiro atoms. The summed E-state index contributed by atoms with van der Waals surface area (Å²) in [5.41, 5.74) is 7.75. The SMILES string of the molecule is C=C1CC2(C(=C)S(=O)(=O)CC)CCCC=C2CC1N. The van der Waals surface area contributed by atoms with E-state index in [1.165, 1.54) is 5.57 Å². The summed E-state index contributed by atoms with van der Waals surface area (Å²) in [6, 6.07) is -0.0467. The Hall–Kier alpha value is -0.870. The minimum absolute atomic E-state index is 0.0467. The minimum atomic E-state index is -3.24. The van der Waals surface area contributed by atoms with Crippen molar-refractivity contribution in [1.82, 2.24) is 0 Å². The number of nitrogens with two attached hydrogens (primary N) is 1. The Kier molecular flexibility index (Phi) is 3.76. The maximum Gasteiger partial charge on any atom is 0.174 e. The average Bonchev–Trinajstić information content (AvgIpc) is 2.39. The molecule has 106 valence electrons. The van der Waals surface area contributed by atoms with Gasteiger partial charge in [-0.3, -0.25) is 0 Å². The molecule has 0 heterocycles. The summed E-state index contributed by atoms with van der Waals surface area (Å²) in [4.78, 5) is 0.376. The minimum Gasteiger partial charge on any atom is -0.324 e. The van der Waals surface area contributed by atoms with E-state index >= 15 is 0 Å². The first-order valence-electron chi connectivity index (χ1n) is 6.88. The molecular formula is C15H23NO2S. The van der Waals surface area contributed by atoms with Crippen LogP contribution in [0.15, 0.2) is 35.3 Å². The second kappa shape index (κ2) is 4.91. The Labute approximate surface area is 116 Å². The van der Waals surface area contributed by atoms with E-state index in [0.29, 0.717) is 11.3 Å². The highest BCUT2D eigenvalue weighted by atomic mass is 32.2. The van der Waals surface area contributed by atoms with Crippen LogP contribution in [-0.2, 0) is 9.84 Å². The van der Waals surface area contributed by atoms with E-state index in [1.807, 2.05) is 0 Å². The van der Waals surface area contributed by atoms with Gasteiger partial charge in [0.05, 0.1) is 5.75 Å². The Morgan fingerprint density at radius 2 is 2.26 bits per heavy atom. The Balaban J connectivity index is 2.49. The van der Waals surface area contributed by atoms with Crippen molar-refractivity contribution in [1.29, 1.82) is 0 Å². The lowest BCUT2D eigenvalue weighted by Gasteiger charge is -2.46. The maximum atomic E-state index is 12.2. The second-order valence-electron chi connectivity index (χ2n) is 5.68. The zero-order chi connectivity index (χ0) is 14.3. The first-order valence-corrected chi connectivity index (χ1v) is 8.53. The fourth-order valence-corrected chi connectivity index (χ4v) is 4.55. The van der Waals surface area contributed by atoms with Crippen molar-refractivity contribution in [3.63, 3.8) is 0 Å². The molecule has 4 heteroatoms. The Morgan fingerprint density at radius 1 is 1.58 bits per heavy atom. The maximum absolute atomic E-state index is 12.2. The van der Waals surface area contributed by atoms with Crippen LogP contribution in [0.4, 0.5) is 0 Å². The van der Waals surface area contributed by atoms with Gasteiger partial charge < -0.3 is 5.73 Å². The number of hydrogen-bond donors (Lipinski definition) is 1. The Morgan fingerprint density at radius 3 is 2.89 bits per heavy atom. The molecule has 0 aliphatic heterocycles. The molecule has 0 radical (unpaired) electrons. The highest BCUT2D eigenvalue weighted by molar-refractivity contribution is 7.95. The predicted octanol–water partition coefficient (Wildman–Crippen LogP) is 2.71. The van der Waals surface area contributed by atoms with E-state index in [0.717, 1.165) is 31.3 Å². The van der Waals surface area contributed by atoms with Crippen molar-refractivity contribution in [3.8, 4) is 0 Å². The third-order valence-electron chi connectivity index (χ3n) is 4.60. The van der Waals surface area contributed by atoms with Crippen LogP contribution in [-0.4, -0.2) is 20.2 Å². The molecule has 0 aromatic carbocycles. The zero-order valence-electron chi connectivity index (χ0n) is 11.6. The first-order chi connectivity index (χ1) is 8.83. The summed E-state index contributed by atoms with van der Waals surface area (Å²) >= 11 is 0. The highest BCUT2D eigenvalue weighted by Gasteiger charge is 2.46. The van der Waals surface area contributed by atoms with E-state index in [-0.39, 0.29) is 11.8 Å². The fraction of sp³-hybridized carbons (Fsp3) is 0.600. The molecule has 0 amide bonds. The van der Waals surface area contributed by atoms with Crippen molar-refractivity contribution < 1.29 is 8.42 Å². The van der Waals surface area contributed by atoms with Crippen molar-refractivity contribution in [3.05, 3.63) is 35.3 Å². The predicted molar refractivity (Wildman–Crippen MR) is 79.3 cm³/mol. The van der Waals surface area contributed by atoms with Gasteiger partial charge in [0.2, 0.25) is 0 Å². The fourth-order valence-electron chi connectivity index (χ4n) is 3.31. The molecule has 19 heavy (non-hydrogen) atoms. The molecule has 3 nitrogen and oxygen atoms in total. The highest BCUT2D eigenvalue weighted by Crippen LogP contribution is 2.54. The van der Waals surface area contributed by atoms with Gasteiger partial charge in [0.25, 0.3) is 0 Å². The van der Waals surface area contributed by atoms with Gasteiger partial charge in [-0.15, -0.1) is 0 Å². The summed E-state index contributed by atoms with van der Waals surface area (Å²) < 4.78 is 24.5. The summed E-state index contributed by atoms with van der Waals surface area (Å²) in [5.74, 6) is 0.111. The van der Waals surface area contributed by atoms with Crippen LogP contribution in [0.25, 0.3) is 0 Å². The quantitative estimate of drug-likeness (QED) is 0.809. The summed E-state index contributed by atoms with van der Waals surface area (Å²) in [7, 11) is -3.24. The number of rotatable bonds is 3. The molecule has 2 aliphatic rings. The van der Waals surface area contributed by atoms with Gasteiger partial charge >= 0.3 is 0 Å². The van der Waals surface area contributed by atoms with E-state index in [9.17, 15) is 8.42 Å². The Bertz CT molecular complexity index is 544. The molecule has 2 N–H and O–H groups in total. The van der Waals surface area contributed by atoms with E-state index in [2.05, 4.69) is 19.2 Å². The van der Waals surface area contributed by atoms with Gasteiger partial charge in [-0.2, -0.15) is 0 Å². The lowest BCUT2D eigenvalue weighted by atomic mass is 9.62. The van der Waals surface area contributed by atoms with Crippen LogP contribution in [0.2, 0.25) is 0 Å². The molecule has 2 rings (SSSR count). The smallest absolute Gasteiger partial charge is 0.174 e. The second-order valence-corrected chi connectivity index (χ2v) is 7.98. The molecule has 0 aromatic rings. The topological polar surface area (TPSA) is 60.2 Å². The lowest BCUT2D eigenvalue weighted by molar-refractivity contribution is 0.326. The van der Waals surface area contributed by atoms with Crippen molar-refractivity contribution in [2.75, 3.05) is 5.75 Å². The average molecular weight is 281 g/mol. The molecule has 0 saturated heterocycles. The molecule has 0 aromatic heterocycles. The lowest BCUT2D eigenvalue weighted by Crippen LogP contribution is -2.41. The van der Waals surface area contributed by atoms with E-state index < -0.39 is 15.3 Å². The van der Waals surface area contributed by atoms with Crippen LogP contribution in [0.1, 0.15) is 39.0 Å². The van der Waals surface area contributed by atoms with E-state index in [1.54, 1.807) is 6.92 Å². The number of sulfone groups is 1. The van der Waals surface area contributed by atoms with Crippen molar-refractivity contribution in [2.45, 2.75) is 45.1 Å². The number of hydrogen-bond acceptors (Lipinski definition) is 3. The normalized spacial score (nSPS) is 31.6. The van der Waals surface area contributed by atoms with Crippen molar-refractivity contribution in [2.24, 2.45) is 11.1 Å². The monoisotopic (exact) mass is 281 g/mol. The summed E-state index contributed by atoms with van der Waals surface area (Å²) in [5, 5.41) is 0. The molecule has 0 bridgehead atoms. The van der Waals surface area contributed by atoms with Gasteiger partial charge in [-0.1, -0.05) is 37.3 Å². The molecular weight excluding hydrogens is 258 g/mol. The number of fused-ring (bicyclic) bond motifs is 1. The zero-order valence-corrected chi connectivity index (χ0v) is 12.4. The van der Waals surface area contributed by atoms with Gasteiger partial charge in [0.15, 0.2) is 9.84 Å². The van der Waals surface area contributed by atoms with Crippen LogP contribution in [0.5, 0.6) is 0 Å². The summed E-state index contributed by atoms with van der Waals surface area (Å²) in [6.45, 7) is 9.65. The number of allylic oxidation sites excluding steroid dienone is 2. The van der Waals surface area contributed by atoms with Crippen molar-refractivity contribution >= 4 is 9.84 Å². The van der Waals surface area contributed by atoms with Crippen LogP contribution >= 0.6 is 0 Å². The standard InChI is InChI=1S/C15H23NO2S/c1-4-19(17,18)12(3)15-8-6-5-7-13(15)9-14(16)11(2)10-15/h7,14H,2-6,8-10,16H2,1H3.